The summed E-state index contributed by atoms with van der Waals surface area (Å²) in [7, 11) is 1.64. The highest BCUT2D eigenvalue weighted by molar-refractivity contribution is 5.99. The highest BCUT2D eigenvalue weighted by Crippen LogP contribution is 2.38. The van der Waals surface area contributed by atoms with Crippen LogP contribution >= 0.6 is 0 Å². The molecule has 0 saturated carbocycles. The van der Waals surface area contributed by atoms with E-state index in [0.717, 1.165) is 47.5 Å². The van der Waals surface area contributed by atoms with Crippen molar-refractivity contribution in [2.45, 2.75) is 45.6 Å². The highest BCUT2D eigenvalue weighted by Gasteiger charge is 2.42. The number of carbonyl (C=O) groups excluding carboxylic acids is 1. The molecule has 0 bridgehead atoms. The number of hydrogen-bond donors (Lipinski definition) is 0. The maximum atomic E-state index is 13.8. The van der Waals surface area contributed by atoms with Gasteiger partial charge in [-0.1, -0.05) is 55.7 Å². The van der Waals surface area contributed by atoms with Gasteiger partial charge < -0.3 is 18.8 Å². The van der Waals surface area contributed by atoms with Gasteiger partial charge in [0.25, 0.3) is 5.91 Å². The van der Waals surface area contributed by atoms with Crippen LogP contribution in [0.3, 0.4) is 0 Å². The van der Waals surface area contributed by atoms with Crippen LogP contribution < -0.4 is 14.9 Å². The van der Waals surface area contributed by atoms with Crippen molar-refractivity contribution in [2.75, 3.05) is 20.3 Å². The molecule has 3 aromatic carbocycles. The van der Waals surface area contributed by atoms with Crippen LogP contribution in [0.2, 0.25) is 0 Å². The molecule has 6 nitrogen and oxygen atoms in total. The molecule has 1 aliphatic rings. The van der Waals surface area contributed by atoms with Gasteiger partial charge in [-0.05, 0) is 67.3 Å². The predicted octanol–water partition coefficient (Wildman–Crippen LogP) is 6.47. The zero-order chi connectivity index (χ0) is 26.6. The van der Waals surface area contributed by atoms with Crippen LogP contribution in [0, 0.1) is 6.92 Å². The van der Waals surface area contributed by atoms with Crippen molar-refractivity contribution in [3.63, 3.8) is 0 Å². The molecule has 38 heavy (non-hydrogen) atoms. The van der Waals surface area contributed by atoms with Gasteiger partial charge in [-0.25, -0.2) is 0 Å². The topological polar surface area (TPSA) is 69.0 Å². The second kappa shape index (κ2) is 11.1. The third-order valence-electron chi connectivity index (χ3n) is 7.13. The molecule has 0 spiro atoms. The highest BCUT2D eigenvalue weighted by atomic mass is 16.5. The fourth-order valence-electron chi connectivity index (χ4n) is 5.04. The Labute approximate surface area is 222 Å². The van der Waals surface area contributed by atoms with Gasteiger partial charge in [-0.2, -0.15) is 0 Å². The van der Waals surface area contributed by atoms with Crippen molar-refractivity contribution in [1.29, 1.82) is 0 Å². The third kappa shape index (κ3) is 5.03. The smallest absolute Gasteiger partial charge is 0.290 e. The van der Waals surface area contributed by atoms with Crippen LogP contribution in [0.15, 0.2) is 75.9 Å². The first-order chi connectivity index (χ1) is 18.5. The summed E-state index contributed by atoms with van der Waals surface area (Å²) in [6.07, 6.45) is 3.91. The number of nitrogens with zero attached hydrogens (tertiary/aromatic N) is 1. The molecular weight excluding hydrogens is 478 g/mol. The van der Waals surface area contributed by atoms with E-state index < -0.39 is 6.04 Å². The van der Waals surface area contributed by atoms with Crippen LogP contribution in [0.5, 0.6) is 11.5 Å². The van der Waals surface area contributed by atoms with E-state index in [4.69, 9.17) is 13.9 Å². The average molecular weight is 512 g/mol. The molecule has 1 aliphatic heterocycles. The van der Waals surface area contributed by atoms with E-state index in [2.05, 4.69) is 6.92 Å². The number of aryl methyl sites for hydroxylation is 1. The van der Waals surface area contributed by atoms with Crippen molar-refractivity contribution in [3.05, 3.63) is 105 Å². The second-order valence-electron chi connectivity index (χ2n) is 9.80. The van der Waals surface area contributed by atoms with Crippen molar-refractivity contribution >= 4 is 16.9 Å². The molecule has 0 saturated heterocycles. The monoisotopic (exact) mass is 511 g/mol. The standard InChI is InChI=1S/C32H33NO5/c1-4-5-6-19-37-25-14-10-23(11-15-25)29-28-30(34)26-20-21(2)7-16-27(26)38-31(28)32(35)33(29)18-17-22-8-12-24(36-3)13-9-22/h7-16,20,29H,4-6,17-19H2,1-3H3. The summed E-state index contributed by atoms with van der Waals surface area (Å²) in [5, 5.41) is 0.495. The summed E-state index contributed by atoms with van der Waals surface area (Å²) >= 11 is 0. The number of amides is 1. The number of unbranched alkanes of at least 4 members (excludes halogenated alkanes) is 2. The van der Waals surface area contributed by atoms with Crippen LogP contribution in [-0.2, 0) is 6.42 Å². The molecule has 0 N–H and O–H groups in total. The molecule has 0 radical (unpaired) electrons. The lowest BCUT2D eigenvalue weighted by Gasteiger charge is -2.25. The van der Waals surface area contributed by atoms with Gasteiger partial charge in [0.15, 0.2) is 5.43 Å². The number of ether oxygens (including phenoxy) is 2. The normalized spacial score (nSPS) is 14.7. The molecule has 196 valence electrons. The molecule has 4 aromatic rings. The lowest BCUT2D eigenvalue weighted by atomic mass is 9.98. The van der Waals surface area contributed by atoms with Gasteiger partial charge in [0.05, 0.1) is 30.7 Å². The van der Waals surface area contributed by atoms with Crippen LogP contribution in [0.4, 0.5) is 0 Å². The van der Waals surface area contributed by atoms with Gasteiger partial charge in [0.1, 0.15) is 17.1 Å². The number of benzene rings is 3. The largest absolute Gasteiger partial charge is 0.497 e. The van der Waals surface area contributed by atoms with Gasteiger partial charge in [0, 0.05) is 6.54 Å². The minimum Gasteiger partial charge on any atom is -0.497 e. The van der Waals surface area contributed by atoms with Crippen LogP contribution in [0.1, 0.15) is 65.0 Å². The van der Waals surface area contributed by atoms with Gasteiger partial charge in [-0.3, -0.25) is 9.59 Å². The minimum atomic E-state index is -0.536. The first kappa shape index (κ1) is 25.6. The summed E-state index contributed by atoms with van der Waals surface area (Å²) in [4.78, 5) is 29.2. The number of rotatable bonds is 10. The van der Waals surface area contributed by atoms with E-state index in [1.165, 1.54) is 0 Å². The zero-order valence-corrected chi connectivity index (χ0v) is 22.2. The molecule has 2 heterocycles. The molecule has 1 amide bonds. The van der Waals surface area contributed by atoms with E-state index in [-0.39, 0.29) is 17.1 Å². The molecule has 0 aliphatic carbocycles. The first-order valence-corrected chi connectivity index (χ1v) is 13.2. The molecule has 0 fully saturated rings. The number of methoxy groups -OCH3 is 1. The summed E-state index contributed by atoms with van der Waals surface area (Å²) in [6, 6.07) is 20.5. The maximum absolute atomic E-state index is 13.8. The zero-order valence-electron chi connectivity index (χ0n) is 22.2. The molecule has 1 atom stereocenters. The third-order valence-corrected chi connectivity index (χ3v) is 7.13. The van der Waals surface area contributed by atoms with E-state index >= 15 is 0 Å². The average Bonchev–Trinajstić information content (AvgIpc) is 3.22. The lowest BCUT2D eigenvalue weighted by Crippen LogP contribution is -2.31. The summed E-state index contributed by atoms with van der Waals surface area (Å²) < 4.78 is 17.2. The van der Waals surface area contributed by atoms with Crippen molar-refractivity contribution in [1.82, 2.24) is 4.90 Å². The Morgan fingerprint density at radius 3 is 2.37 bits per heavy atom. The molecular formula is C32H33NO5. The van der Waals surface area contributed by atoms with E-state index in [1.807, 2.05) is 67.6 Å². The first-order valence-electron chi connectivity index (χ1n) is 13.2. The number of fused-ring (bicyclic) bond motifs is 2. The summed E-state index contributed by atoms with van der Waals surface area (Å²) in [5.74, 6) is 1.43. The second-order valence-corrected chi connectivity index (χ2v) is 9.80. The fourth-order valence-corrected chi connectivity index (χ4v) is 5.04. The van der Waals surface area contributed by atoms with Crippen LogP contribution in [0.25, 0.3) is 11.0 Å². The summed E-state index contributed by atoms with van der Waals surface area (Å²) in [5.41, 5.74) is 3.57. The molecule has 5 rings (SSSR count). The maximum Gasteiger partial charge on any atom is 0.290 e. The van der Waals surface area contributed by atoms with Gasteiger partial charge in [0.2, 0.25) is 5.76 Å². The van der Waals surface area contributed by atoms with Crippen molar-refractivity contribution < 1.29 is 18.7 Å². The van der Waals surface area contributed by atoms with Gasteiger partial charge >= 0.3 is 0 Å². The van der Waals surface area contributed by atoms with E-state index in [1.54, 1.807) is 18.1 Å². The number of carbonyl (C=O) groups is 1. The minimum absolute atomic E-state index is 0.131. The Balaban J connectivity index is 1.50. The molecule has 1 aromatic heterocycles. The Hall–Kier alpha value is -4.06. The molecule has 6 heteroatoms. The van der Waals surface area contributed by atoms with Crippen molar-refractivity contribution in [2.24, 2.45) is 0 Å². The fraction of sp³-hybridized carbons (Fsp3) is 0.312. The predicted molar refractivity (Wildman–Crippen MR) is 148 cm³/mol. The van der Waals surface area contributed by atoms with E-state index in [0.29, 0.717) is 36.1 Å². The Kier molecular flexibility index (Phi) is 7.50. The Bertz CT molecular complexity index is 1490. The lowest BCUT2D eigenvalue weighted by molar-refractivity contribution is 0.0730. The molecule has 1 unspecified atom stereocenters. The van der Waals surface area contributed by atoms with E-state index in [9.17, 15) is 9.59 Å². The van der Waals surface area contributed by atoms with Crippen LogP contribution in [-0.4, -0.2) is 31.1 Å². The number of hydrogen-bond acceptors (Lipinski definition) is 5. The Morgan fingerprint density at radius 1 is 0.921 bits per heavy atom. The summed E-state index contributed by atoms with van der Waals surface area (Å²) in [6.45, 7) is 5.21. The van der Waals surface area contributed by atoms with Crippen molar-refractivity contribution in [3.8, 4) is 11.5 Å². The SMILES string of the molecule is CCCCCOc1ccc(C2c3c(oc4ccc(C)cc4c3=O)C(=O)N2CCc2ccc(OC)cc2)cc1. The van der Waals surface area contributed by atoms with Gasteiger partial charge in [-0.15, -0.1) is 0 Å². The quantitative estimate of drug-likeness (QED) is 0.228. The Morgan fingerprint density at radius 2 is 1.66 bits per heavy atom.